The second-order valence-corrected chi connectivity index (χ2v) is 4.85. The predicted molar refractivity (Wildman–Crippen MR) is 63.9 cm³/mol. The van der Waals surface area contributed by atoms with Crippen LogP contribution in [0.1, 0.15) is 31.7 Å². The summed E-state index contributed by atoms with van der Waals surface area (Å²) in [5, 5.41) is 0. The predicted octanol–water partition coefficient (Wildman–Crippen LogP) is 2.21. The number of carbonyl (C=O) groups excluding carboxylic acids is 1. The summed E-state index contributed by atoms with van der Waals surface area (Å²) < 4.78 is 0. The molecule has 0 saturated heterocycles. The van der Waals surface area contributed by atoms with Gasteiger partial charge in [-0.25, -0.2) is 4.98 Å². The van der Waals surface area contributed by atoms with Gasteiger partial charge in [-0.05, 0) is 42.9 Å². The highest BCUT2D eigenvalue weighted by atomic mass is 16.1. The Kier molecular flexibility index (Phi) is 3.22. The van der Waals surface area contributed by atoms with Crippen molar-refractivity contribution < 1.29 is 4.79 Å². The topological polar surface area (TPSA) is 56.0 Å². The van der Waals surface area contributed by atoms with E-state index in [0.717, 1.165) is 18.4 Å². The number of hydrogen-bond acceptors (Lipinski definition) is 3. The average Bonchev–Trinajstić information content (AvgIpc) is 2.65. The first kappa shape index (κ1) is 11.1. The maximum atomic E-state index is 12.0. The van der Waals surface area contributed by atoms with Gasteiger partial charge in [0.1, 0.15) is 11.6 Å². The standard InChI is InChI=1S/C13H18N2O/c1-9-2-3-11(6-9)12(16)7-10-4-5-15-13(14)8-10/h4-5,8-9,11H,2-3,6-7H2,1H3,(H2,14,15). The van der Waals surface area contributed by atoms with Crippen molar-refractivity contribution in [2.24, 2.45) is 11.8 Å². The largest absolute Gasteiger partial charge is 0.384 e. The Labute approximate surface area is 96.1 Å². The third-order valence-electron chi connectivity index (χ3n) is 3.37. The number of pyridine rings is 1. The van der Waals surface area contributed by atoms with Crippen molar-refractivity contribution in [2.45, 2.75) is 32.6 Å². The molecular formula is C13H18N2O. The molecule has 3 heteroatoms. The number of rotatable bonds is 3. The lowest BCUT2D eigenvalue weighted by atomic mass is 9.96. The molecule has 3 nitrogen and oxygen atoms in total. The molecule has 0 amide bonds. The molecule has 2 rings (SSSR count). The molecule has 2 unspecified atom stereocenters. The lowest BCUT2D eigenvalue weighted by Crippen LogP contribution is -2.14. The molecule has 1 aliphatic carbocycles. The summed E-state index contributed by atoms with van der Waals surface area (Å²) in [6.45, 7) is 2.22. The number of nitrogen functional groups attached to an aromatic ring is 1. The highest BCUT2D eigenvalue weighted by Crippen LogP contribution is 2.31. The summed E-state index contributed by atoms with van der Waals surface area (Å²) in [7, 11) is 0. The van der Waals surface area contributed by atoms with Crippen molar-refractivity contribution in [1.82, 2.24) is 4.98 Å². The summed E-state index contributed by atoms with van der Waals surface area (Å²) >= 11 is 0. The van der Waals surface area contributed by atoms with E-state index >= 15 is 0 Å². The van der Waals surface area contributed by atoms with E-state index in [2.05, 4.69) is 11.9 Å². The molecule has 0 bridgehead atoms. The Morgan fingerprint density at radius 3 is 3.00 bits per heavy atom. The van der Waals surface area contributed by atoms with Crippen LogP contribution in [-0.2, 0) is 11.2 Å². The van der Waals surface area contributed by atoms with Gasteiger partial charge in [-0.3, -0.25) is 4.79 Å². The molecular weight excluding hydrogens is 200 g/mol. The van der Waals surface area contributed by atoms with Crippen molar-refractivity contribution >= 4 is 11.6 Å². The molecule has 1 fully saturated rings. The van der Waals surface area contributed by atoms with Crippen molar-refractivity contribution in [2.75, 3.05) is 5.73 Å². The molecule has 1 saturated carbocycles. The van der Waals surface area contributed by atoms with Gasteiger partial charge < -0.3 is 5.73 Å². The molecule has 0 spiro atoms. The van der Waals surface area contributed by atoms with Crippen LogP contribution in [0.4, 0.5) is 5.82 Å². The number of hydrogen-bond donors (Lipinski definition) is 1. The van der Waals surface area contributed by atoms with Gasteiger partial charge in [-0.2, -0.15) is 0 Å². The summed E-state index contributed by atoms with van der Waals surface area (Å²) in [5.41, 5.74) is 6.57. The van der Waals surface area contributed by atoms with Crippen molar-refractivity contribution in [1.29, 1.82) is 0 Å². The Morgan fingerprint density at radius 1 is 1.56 bits per heavy atom. The fourth-order valence-electron chi connectivity index (χ4n) is 2.45. The van der Waals surface area contributed by atoms with Gasteiger partial charge >= 0.3 is 0 Å². The average molecular weight is 218 g/mol. The highest BCUT2D eigenvalue weighted by Gasteiger charge is 2.26. The molecule has 0 aromatic carbocycles. The van der Waals surface area contributed by atoms with E-state index in [0.29, 0.717) is 23.9 Å². The number of anilines is 1. The second kappa shape index (κ2) is 4.64. The highest BCUT2D eigenvalue weighted by molar-refractivity contribution is 5.83. The van der Waals surface area contributed by atoms with Crippen molar-refractivity contribution in [3.05, 3.63) is 23.9 Å². The Hall–Kier alpha value is -1.38. The van der Waals surface area contributed by atoms with Crippen LogP contribution in [0.25, 0.3) is 0 Å². The number of carbonyl (C=O) groups is 1. The van der Waals surface area contributed by atoms with Crippen molar-refractivity contribution in [3.8, 4) is 0 Å². The van der Waals surface area contributed by atoms with E-state index in [1.807, 2.05) is 6.07 Å². The minimum absolute atomic E-state index is 0.268. The first-order valence-corrected chi connectivity index (χ1v) is 5.88. The van der Waals surface area contributed by atoms with Gasteiger partial charge in [0.25, 0.3) is 0 Å². The summed E-state index contributed by atoms with van der Waals surface area (Å²) in [5.74, 6) is 1.82. The Balaban J connectivity index is 1.97. The molecule has 0 aliphatic heterocycles. The molecule has 2 atom stereocenters. The van der Waals surface area contributed by atoms with Gasteiger partial charge in [-0.15, -0.1) is 0 Å². The smallest absolute Gasteiger partial charge is 0.140 e. The van der Waals surface area contributed by atoms with Gasteiger partial charge in [0.2, 0.25) is 0 Å². The van der Waals surface area contributed by atoms with E-state index in [1.54, 1.807) is 12.3 Å². The normalized spacial score (nSPS) is 24.6. The maximum Gasteiger partial charge on any atom is 0.140 e. The van der Waals surface area contributed by atoms with Crippen LogP contribution in [0, 0.1) is 11.8 Å². The molecule has 16 heavy (non-hydrogen) atoms. The number of Topliss-reactive ketones (excluding diaryl/α,β-unsaturated/α-hetero) is 1. The first-order valence-electron chi connectivity index (χ1n) is 5.88. The molecule has 1 aromatic heterocycles. The number of aromatic nitrogens is 1. The van der Waals surface area contributed by atoms with Gasteiger partial charge in [0.15, 0.2) is 0 Å². The van der Waals surface area contributed by atoms with Crippen LogP contribution in [0.5, 0.6) is 0 Å². The van der Waals surface area contributed by atoms with Gasteiger partial charge in [-0.1, -0.05) is 6.92 Å². The third kappa shape index (κ3) is 2.60. The first-order chi connectivity index (χ1) is 7.65. The molecule has 86 valence electrons. The van der Waals surface area contributed by atoms with Crippen LogP contribution in [0.15, 0.2) is 18.3 Å². The van der Waals surface area contributed by atoms with Crippen LogP contribution < -0.4 is 5.73 Å². The third-order valence-corrected chi connectivity index (χ3v) is 3.37. The molecule has 1 aliphatic rings. The summed E-state index contributed by atoms with van der Waals surface area (Å²) in [6.07, 6.45) is 5.47. The summed E-state index contributed by atoms with van der Waals surface area (Å²) in [6, 6.07) is 3.66. The zero-order valence-electron chi connectivity index (χ0n) is 9.65. The van der Waals surface area contributed by atoms with Gasteiger partial charge in [0, 0.05) is 18.5 Å². The van der Waals surface area contributed by atoms with E-state index in [9.17, 15) is 4.79 Å². The molecule has 0 radical (unpaired) electrons. The zero-order chi connectivity index (χ0) is 11.5. The molecule has 2 N–H and O–H groups in total. The van der Waals surface area contributed by atoms with E-state index in [-0.39, 0.29) is 5.92 Å². The van der Waals surface area contributed by atoms with E-state index in [4.69, 9.17) is 5.73 Å². The van der Waals surface area contributed by atoms with Gasteiger partial charge in [0.05, 0.1) is 0 Å². The minimum Gasteiger partial charge on any atom is -0.384 e. The zero-order valence-corrected chi connectivity index (χ0v) is 9.65. The number of nitrogens with zero attached hydrogens (tertiary/aromatic N) is 1. The second-order valence-electron chi connectivity index (χ2n) is 4.85. The van der Waals surface area contributed by atoms with Crippen LogP contribution in [-0.4, -0.2) is 10.8 Å². The SMILES string of the molecule is CC1CCC(C(=O)Cc2ccnc(N)c2)C1. The quantitative estimate of drug-likeness (QED) is 0.846. The lowest BCUT2D eigenvalue weighted by Gasteiger charge is -2.08. The van der Waals surface area contributed by atoms with E-state index < -0.39 is 0 Å². The van der Waals surface area contributed by atoms with Crippen LogP contribution in [0.2, 0.25) is 0 Å². The maximum absolute atomic E-state index is 12.0. The number of nitrogens with two attached hydrogens (primary N) is 1. The Morgan fingerprint density at radius 2 is 2.38 bits per heavy atom. The summed E-state index contributed by atoms with van der Waals surface area (Å²) in [4.78, 5) is 15.9. The van der Waals surface area contributed by atoms with Crippen molar-refractivity contribution in [3.63, 3.8) is 0 Å². The minimum atomic E-state index is 0.268. The lowest BCUT2D eigenvalue weighted by molar-refractivity contribution is -0.122. The number of ketones is 1. The molecule has 1 aromatic rings. The Bertz CT molecular complexity index is 389. The molecule has 1 heterocycles. The van der Waals surface area contributed by atoms with Crippen LogP contribution >= 0.6 is 0 Å². The fraction of sp³-hybridized carbons (Fsp3) is 0.538. The van der Waals surface area contributed by atoms with Crippen LogP contribution in [0.3, 0.4) is 0 Å². The monoisotopic (exact) mass is 218 g/mol. The fourth-order valence-corrected chi connectivity index (χ4v) is 2.45. The van der Waals surface area contributed by atoms with E-state index in [1.165, 1.54) is 6.42 Å².